The lowest BCUT2D eigenvalue weighted by Gasteiger charge is -2.34. The van der Waals surface area contributed by atoms with E-state index < -0.39 is 10.0 Å². The van der Waals surface area contributed by atoms with Gasteiger partial charge in [-0.2, -0.15) is 4.31 Å². The van der Waals surface area contributed by atoms with E-state index in [-0.39, 0.29) is 11.9 Å². The molecule has 3 aromatic carbocycles. The maximum atomic E-state index is 13.0. The predicted octanol–water partition coefficient (Wildman–Crippen LogP) is 4.25. The van der Waals surface area contributed by atoms with E-state index in [0.717, 1.165) is 24.0 Å². The minimum absolute atomic E-state index is 0.0635. The average Bonchev–Trinajstić information content (AvgIpc) is 2.89. The molecule has 1 atom stereocenters. The molecule has 1 amide bonds. The predicted molar refractivity (Wildman–Crippen MR) is 143 cm³/mol. The fourth-order valence-corrected chi connectivity index (χ4v) is 5.89. The molecule has 0 aliphatic carbocycles. The molecule has 3 aromatic rings. The van der Waals surface area contributed by atoms with Crippen LogP contribution in [0.4, 0.5) is 0 Å². The van der Waals surface area contributed by atoms with Crippen LogP contribution in [0.5, 0.6) is 0 Å². The van der Waals surface area contributed by atoms with Gasteiger partial charge in [0.2, 0.25) is 10.0 Å². The Hall–Kier alpha value is -3.00. The minimum atomic E-state index is -3.47. The molecule has 190 valence electrons. The zero-order valence-electron chi connectivity index (χ0n) is 21.1. The first-order valence-corrected chi connectivity index (χ1v) is 14.0. The van der Waals surface area contributed by atoms with E-state index in [4.69, 9.17) is 0 Å². The highest BCUT2D eigenvalue weighted by Gasteiger charge is 2.28. The van der Waals surface area contributed by atoms with E-state index in [1.54, 1.807) is 16.4 Å². The van der Waals surface area contributed by atoms with Crippen molar-refractivity contribution in [2.24, 2.45) is 0 Å². The number of benzene rings is 3. The first-order valence-electron chi connectivity index (χ1n) is 12.5. The number of hydrogen-bond acceptors (Lipinski definition) is 4. The van der Waals surface area contributed by atoms with Crippen LogP contribution in [0.3, 0.4) is 0 Å². The third-order valence-electron chi connectivity index (χ3n) is 6.67. The molecule has 1 heterocycles. The van der Waals surface area contributed by atoms with E-state index in [9.17, 15) is 13.2 Å². The SMILES string of the molecule is Cc1ccc(S(=O)(=O)N2CCN(Cc3cccc(C(=O)NC(C)CCc4ccccc4)c3)CC2)cc1. The van der Waals surface area contributed by atoms with E-state index >= 15 is 0 Å². The Morgan fingerprint density at radius 3 is 2.25 bits per heavy atom. The van der Waals surface area contributed by atoms with Gasteiger partial charge in [-0.15, -0.1) is 0 Å². The molecule has 1 aliphatic rings. The molecule has 1 fully saturated rings. The summed E-state index contributed by atoms with van der Waals surface area (Å²) in [6.45, 7) is 6.87. The summed E-state index contributed by atoms with van der Waals surface area (Å²) in [6, 6.07) is 25.1. The van der Waals surface area contributed by atoms with E-state index in [1.807, 2.05) is 68.4 Å². The van der Waals surface area contributed by atoms with Crippen LogP contribution in [0.25, 0.3) is 0 Å². The lowest BCUT2D eigenvalue weighted by molar-refractivity contribution is 0.0938. The monoisotopic (exact) mass is 505 g/mol. The van der Waals surface area contributed by atoms with Crippen molar-refractivity contribution in [3.05, 3.63) is 101 Å². The second-order valence-corrected chi connectivity index (χ2v) is 11.5. The Balaban J connectivity index is 1.28. The summed E-state index contributed by atoms with van der Waals surface area (Å²) in [5.74, 6) is -0.0635. The van der Waals surface area contributed by atoms with Crippen LogP contribution in [0.2, 0.25) is 0 Å². The molecular formula is C29H35N3O3S. The number of piperazine rings is 1. The summed E-state index contributed by atoms with van der Waals surface area (Å²) in [7, 11) is -3.47. The fourth-order valence-electron chi connectivity index (χ4n) is 4.46. The number of hydrogen-bond donors (Lipinski definition) is 1. The minimum Gasteiger partial charge on any atom is -0.350 e. The third-order valence-corrected chi connectivity index (χ3v) is 8.58. The fraction of sp³-hybridized carbons (Fsp3) is 0.345. The van der Waals surface area contributed by atoms with Crippen molar-refractivity contribution in [3.8, 4) is 0 Å². The molecule has 0 aromatic heterocycles. The van der Waals surface area contributed by atoms with Gasteiger partial charge in [-0.05, 0) is 62.1 Å². The molecule has 0 spiro atoms. The Bertz CT molecular complexity index is 1250. The van der Waals surface area contributed by atoms with Gasteiger partial charge < -0.3 is 5.32 Å². The zero-order valence-corrected chi connectivity index (χ0v) is 21.9. The summed E-state index contributed by atoms with van der Waals surface area (Å²) >= 11 is 0. The molecule has 7 heteroatoms. The summed E-state index contributed by atoms with van der Waals surface area (Å²) in [6.07, 6.45) is 1.80. The van der Waals surface area contributed by atoms with Gasteiger partial charge in [-0.1, -0.05) is 60.2 Å². The van der Waals surface area contributed by atoms with E-state index in [2.05, 4.69) is 22.3 Å². The van der Waals surface area contributed by atoms with Crippen LogP contribution in [0.15, 0.2) is 83.8 Å². The topological polar surface area (TPSA) is 69.7 Å². The largest absolute Gasteiger partial charge is 0.350 e. The first kappa shape index (κ1) is 26.1. The van der Waals surface area contributed by atoms with E-state index in [0.29, 0.717) is 43.2 Å². The number of carbonyl (C=O) groups excluding carboxylic acids is 1. The van der Waals surface area contributed by atoms with Gasteiger partial charge in [0.25, 0.3) is 5.91 Å². The van der Waals surface area contributed by atoms with Gasteiger partial charge in [0.15, 0.2) is 0 Å². The first-order chi connectivity index (χ1) is 17.3. The quantitative estimate of drug-likeness (QED) is 0.472. The Morgan fingerprint density at radius 2 is 1.56 bits per heavy atom. The van der Waals surface area contributed by atoms with Gasteiger partial charge >= 0.3 is 0 Å². The average molecular weight is 506 g/mol. The zero-order chi connectivity index (χ0) is 25.5. The van der Waals surface area contributed by atoms with Gasteiger partial charge in [-0.25, -0.2) is 8.42 Å². The van der Waals surface area contributed by atoms with Gasteiger partial charge in [0, 0.05) is 44.3 Å². The van der Waals surface area contributed by atoms with Gasteiger partial charge in [0.1, 0.15) is 0 Å². The number of nitrogens with zero attached hydrogens (tertiary/aromatic N) is 2. The van der Waals surface area contributed by atoms with Crippen molar-refractivity contribution in [1.82, 2.24) is 14.5 Å². The molecule has 0 saturated carbocycles. The smallest absolute Gasteiger partial charge is 0.251 e. The maximum absolute atomic E-state index is 13.0. The summed E-state index contributed by atoms with van der Waals surface area (Å²) in [5, 5.41) is 3.11. The molecule has 6 nitrogen and oxygen atoms in total. The van der Waals surface area contributed by atoms with E-state index in [1.165, 1.54) is 5.56 Å². The highest BCUT2D eigenvalue weighted by molar-refractivity contribution is 7.89. The number of amides is 1. The lowest BCUT2D eigenvalue weighted by atomic mass is 10.1. The highest BCUT2D eigenvalue weighted by atomic mass is 32.2. The molecule has 1 N–H and O–H groups in total. The van der Waals surface area contributed by atoms with Crippen molar-refractivity contribution in [2.45, 2.75) is 44.2 Å². The number of rotatable bonds is 9. The lowest BCUT2D eigenvalue weighted by Crippen LogP contribution is -2.48. The molecule has 0 bridgehead atoms. The number of nitrogens with one attached hydrogen (secondary N) is 1. The molecular weight excluding hydrogens is 470 g/mol. The molecule has 0 radical (unpaired) electrons. The van der Waals surface area contributed by atoms with Crippen LogP contribution in [-0.4, -0.2) is 55.8 Å². The van der Waals surface area contributed by atoms with Crippen molar-refractivity contribution in [2.75, 3.05) is 26.2 Å². The van der Waals surface area contributed by atoms with Crippen molar-refractivity contribution in [1.29, 1.82) is 0 Å². The molecule has 1 unspecified atom stereocenters. The number of carbonyl (C=O) groups is 1. The molecule has 1 saturated heterocycles. The maximum Gasteiger partial charge on any atom is 0.251 e. The third kappa shape index (κ3) is 6.81. The second kappa shape index (κ2) is 11.8. The van der Waals surface area contributed by atoms with Crippen LogP contribution in [0.1, 0.15) is 40.4 Å². The summed E-state index contributed by atoms with van der Waals surface area (Å²) < 4.78 is 27.5. The number of aryl methyl sites for hydroxylation is 2. The molecule has 1 aliphatic heterocycles. The van der Waals surface area contributed by atoms with Crippen LogP contribution in [-0.2, 0) is 23.0 Å². The van der Waals surface area contributed by atoms with Gasteiger partial charge in [0.05, 0.1) is 4.90 Å². The van der Waals surface area contributed by atoms with Gasteiger partial charge in [-0.3, -0.25) is 9.69 Å². The summed E-state index contributed by atoms with van der Waals surface area (Å²) in [4.78, 5) is 15.4. The Labute approximate surface area is 215 Å². The second-order valence-electron chi connectivity index (χ2n) is 9.59. The Morgan fingerprint density at radius 1 is 0.889 bits per heavy atom. The molecule has 4 rings (SSSR count). The summed E-state index contributed by atoms with van der Waals surface area (Å²) in [5.41, 5.74) is 4.01. The number of sulfonamides is 1. The molecule has 36 heavy (non-hydrogen) atoms. The highest BCUT2D eigenvalue weighted by Crippen LogP contribution is 2.19. The standard InChI is InChI=1S/C29H35N3O3S/c1-23-11-15-28(16-12-23)36(34,35)32-19-17-31(18-20-32)22-26-9-6-10-27(21-26)29(33)30-24(2)13-14-25-7-4-3-5-8-25/h3-12,15-16,21,24H,13-14,17-20,22H2,1-2H3,(H,30,33). The van der Waals surface area contributed by atoms with Crippen molar-refractivity contribution in [3.63, 3.8) is 0 Å². The van der Waals surface area contributed by atoms with Crippen molar-refractivity contribution < 1.29 is 13.2 Å². The van der Waals surface area contributed by atoms with Crippen LogP contribution >= 0.6 is 0 Å². The van der Waals surface area contributed by atoms with Crippen molar-refractivity contribution >= 4 is 15.9 Å². The van der Waals surface area contributed by atoms with Crippen LogP contribution in [0, 0.1) is 6.92 Å². The Kier molecular flexibility index (Phi) is 8.56. The normalized spacial score (nSPS) is 15.9. The van der Waals surface area contributed by atoms with Crippen LogP contribution < -0.4 is 5.32 Å².